The van der Waals surface area contributed by atoms with Crippen LogP contribution in [0.25, 0.3) is 0 Å². The second kappa shape index (κ2) is 4.73. The van der Waals surface area contributed by atoms with Crippen LogP contribution >= 0.6 is 22.6 Å². The van der Waals surface area contributed by atoms with Crippen LogP contribution in [0.5, 0.6) is 0 Å². The molecular weight excluding hydrogens is 320 g/mol. The summed E-state index contributed by atoms with van der Waals surface area (Å²) in [5, 5.41) is 2.93. The summed E-state index contributed by atoms with van der Waals surface area (Å²) in [4.78, 5) is 7.91. The van der Waals surface area contributed by atoms with Gasteiger partial charge in [-0.2, -0.15) is 0 Å². The van der Waals surface area contributed by atoms with Gasteiger partial charge in [0.2, 0.25) is 0 Å². The van der Waals surface area contributed by atoms with Gasteiger partial charge in [0.1, 0.15) is 18.0 Å². The fraction of sp³-hybridized carbons (Fsp3) is 0.0909. The second-order valence-electron chi connectivity index (χ2n) is 3.33. The fourth-order valence-electron chi connectivity index (χ4n) is 1.25. The molecule has 0 aliphatic carbocycles. The van der Waals surface area contributed by atoms with Crippen molar-refractivity contribution in [2.24, 2.45) is 0 Å². The predicted molar refractivity (Wildman–Crippen MR) is 69.2 cm³/mol. The molecule has 5 heteroatoms. The average molecular weight is 329 g/mol. The molecule has 0 atom stereocenters. The van der Waals surface area contributed by atoms with E-state index >= 15 is 0 Å². The van der Waals surface area contributed by atoms with Crippen LogP contribution in [-0.2, 0) is 0 Å². The third kappa shape index (κ3) is 2.46. The highest BCUT2D eigenvalue weighted by Gasteiger charge is 2.05. The van der Waals surface area contributed by atoms with Crippen LogP contribution in [-0.4, -0.2) is 9.97 Å². The zero-order valence-electron chi connectivity index (χ0n) is 8.54. The Morgan fingerprint density at radius 2 is 2.19 bits per heavy atom. The molecule has 82 valence electrons. The molecule has 0 unspecified atom stereocenters. The molecule has 1 N–H and O–H groups in total. The van der Waals surface area contributed by atoms with Crippen LogP contribution in [0.15, 0.2) is 30.7 Å². The van der Waals surface area contributed by atoms with E-state index in [0.29, 0.717) is 11.5 Å². The van der Waals surface area contributed by atoms with Gasteiger partial charge < -0.3 is 5.32 Å². The molecule has 0 bridgehead atoms. The highest BCUT2D eigenvalue weighted by atomic mass is 127. The Bertz CT molecular complexity index is 516. The van der Waals surface area contributed by atoms with E-state index in [-0.39, 0.29) is 5.82 Å². The van der Waals surface area contributed by atoms with Crippen LogP contribution in [0.1, 0.15) is 5.56 Å². The molecule has 1 aromatic carbocycles. The molecule has 0 aliphatic heterocycles. The van der Waals surface area contributed by atoms with Crippen molar-refractivity contribution in [3.05, 3.63) is 45.7 Å². The molecule has 1 aromatic heterocycles. The normalized spacial score (nSPS) is 10.2. The van der Waals surface area contributed by atoms with E-state index in [1.165, 1.54) is 12.4 Å². The average Bonchev–Trinajstić information content (AvgIpc) is 2.25. The van der Waals surface area contributed by atoms with Crippen molar-refractivity contribution in [2.75, 3.05) is 5.32 Å². The van der Waals surface area contributed by atoms with Gasteiger partial charge in [-0.15, -0.1) is 0 Å². The van der Waals surface area contributed by atoms with E-state index in [9.17, 15) is 4.39 Å². The van der Waals surface area contributed by atoms with E-state index < -0.39 is 0 Å². The molecular formula is C11H9FIN3. The highest BCUT2D eigenvalue weighted by molar-refractivity contribution is 14.1. The van der Waals surface area contributed by atoms with Gasteiger partial charge in [-0.3, -0.25) is 0 Å². The van der Waals surface area contributed by atoms with Crippen molar-refractivity contribution in [1.82, 2.24) is 9.97 Å². The number of hydrogen-bond acceptors (Lipinski definition) is 3. The maximum atomic E-state index is 13.6. The summed E-state index contributed by atoms with van der Waals surface area (Å²) in [7, 11) is 0. The number of hydrogen-bond donors (Lipinski definition) is 1. The molecule has 3 nitrogen and oxygen atoms in total. The highest BCUT2D eigenvalue weighted by Crippen LogP contribution is 2.22. The van der Waals surface area contributed by atoms with Crippen LogP contribution in [0.4, 0.5) is 15.9 Å². The van der Waals surface area contributed by atoms with Crippen LogP contribution in [0, 0.1) is 16.3 Å². The SMILES string of the molecule is Cc1ccc(Nc2ncncc2I)c(F)c1. The molecule has 2 rings (SSSR count). The van der Waals surface area contributed by atoms with Gasteiger partial charge in [0.25, 0.3) is 0 Å². The van der Waals surface area contributed by atoms with Crippen LogP contribution in [0.3, 0.4) is 0 Å². The van der Waals surface area contributed by atoms with Gasteiger partial charge in [-0.25, -0.2) is 14.4 Å². The zero-order valence-corrected chi connectivity index (χ0v) is 10.7. The van der Waals surface area contributed by atoms with Crippen molar-refractivity contribution in [3.8, 4) is 0 Å². The zero-order chi connectivity index (χ0) is 11.5. The van der Waals surface area contributed by atoms with Gasteiger partial charge in [0.15, 0.2) is 0 Å². The molecule has 0 fully saturated rings. The lowest BCUT2D eigenvalue weighted by Gasteiger charge is -2.08. The van der Waals surface area contributed by atoms with E-state index in [2.05, 4.69) is 37.9 Å². The lowest BCUT2D eigenvalue weighted by atomic mass is 10.2. The molecule has 0 saturated carbocycles. The van der Waals surface area contributed by atoms with Crippen molar-refractivity contribution >= 4 is 34.1 Å². The third-order valence-corrected chi connectivity index (χ3v) is 2.83. The Hall–Kier alpha value is -1.24. The number of anilines is 2. The topological polar surface area (TPSA) is 37.8 Å². The molecule has 0 amide bonds. The summed E-state index contributed by atoms with van der Waals surface area (Å²) in [6.45, 7) is 1.85. The standard InChI is InChI=1S/C11H9FIN3/c1-7-2-3-10(8(12)4-7)16-11-9(13)5-14-6-15-11/h2-6H,1H3,(H,14,15,16). The van der Waals surface area contributed by atoms with Crippen molar-refractivity contribution in [2.45, 2.75) is 6.92 Å². The maximum absolute atomic E-state index is 13.6. The minimum absolute atomic E-state index is 0.283. The van der Waals surface area contributed by atoms with Crippen LogP contribution < -0.4 is 5.32 Å². The monoisotopic (exact) mass is 329 g/mol. The number of nitrogens with zero attached hydrogens (tertiary/aromatic N) is 2. The number of halogens is 2. The number of aryl methyl sites for hydroxylation is 1. The Morgan fingerprint density at radius 1 is 1.38 bits per heavy atom. The molecule has 0 saturated heterocycles. The quantitative estimate of drug-likeness (QED) is 0.860. The summed E-state index contributed by atoms with van der Waals surface area (Å²) in [6, 6.07) is 5.03. The number of aromatic nitrogens is 2. The summed E-state index contributed by atoms with van der Waals surface area (Å²) in [6.07, 6.45) is 3.10. The van der Waals surface area contributed by atoms with Crippen molar-refractivity contribution in [1.29, 1.82) is 0 Å². The Labute approximate surface area is 106 Å². The lowest BCUT2D eigenvalue weighted by Crippen LogP contribution is -1.99. The second-order valence-corrected chi connectivity index (χ2v) is 4.49. The maximum Gasteiger partial charge on any atom is 0.147 e. The summed E-state index contributed by atoms with van der Waals surface area (Å²) < 4.78 is 14.4. The van der Waals surface area contributed by atoms with E-state index in [0.717, 1.165) is 9.13 Å². The van der Waals surface area contributed by atoms with E-state index in [4.69, 9.17) is 0 Å². The van der Waals surface area contributed by atoms with Crippen LogP contribution in [0.2, 0.25) is 0 Å². The summed E-state index contributed by atoms with van der Waals surface area (Å²) in [5.74, 6) is 0.327. The van der Waals surface area contributed by atoms with Gasteiger partial charge in [-0.05, 0) is 47.2 Å². The van der Waals surface area contributed by atoms with Gasteiger partial charge in [0.05, 0.1) is 9.26 Å². The molecule has 0 spiro atoms. The largest absolute Gasteiger partial charge is 0.337 e. The lowest BCUT2D eigenvalue weighted by molar-refractivity contribution is 0.630. The smallest absolute Gasteiger partial charge is 0.147 e. The van der Waals surface area contributed by atoms with Gasteiger partial charge in [-0.1, -0.05) is 6.07 Å². The van der Waals surface area contributed by atoms with E-state index in [1.54, 1.807) is 12.3 Å². The first-order chi connectivity index (χ1) is 7.66. The third-order valence-electron chi connectivity index (χ3n) is 2.05. The first-order valence-corrected chi connectivity index (χ1v) is 5.73. The number of rotatable bonds is 2. The number of nitrogens with one attached hydrogen (secondary N) is 1. The Kier molecular flexibility index (Phi) is 3.33. The Balaban J connectivity index is 2.31. The van der Waals surface area contributed by atoms with Gasteiger partial charge in [0, 0.05) is 6.20 Å². The molecule has 16 heavy (non-hydrogen) atoms. The van der Waals surface area contributed by atoms with E-state index in [1.807, 2.05) is 13.0 Å². The predicted octanol–water partition coefficient (Wildman–Crippen LogP) is 3.27. The molecule has 2 aromatic rings. The first-order valence-electron chi connectivity index (χ1n) is 4.65. The molecule has 1 heterocycles. The summed E-state index contributed by atoms with van der Waals surface area (Å²) in [5.41, 5.74) is 1.31. The molecule has 0 radical (unpaired) electrons. The first kappa shape index (κ1) is 11.3. The summed E-state index contributed by atoms with van der Waals surface area (Å²) >= 11 is 2.10. The fourth-order valence-corrected chi connectivity index (χ4v) is 1.69. The van der Waals surface area contributed by atoms with Gasteiger partial charge >= 0.3 is 0 Å². The Morgan fingerprint density at radius 3 is 2.88 bits per heavy atom. The molecule has 0 aliphatic rings. The van der Waals surface area contributed by atoms with Crippen molar-refractivity contribution in [3.63, 3.8) is 0 Å². The minimum atomic E-state index is -0.283. The number of benzene rings is 1. The minimum Gasteiger partial charge on any atom is -0.337 e. The van der Waals surface area contributed by atoms with Crippen molar-refractivity contribution < 1.29 is 4.39 Å².